The Kier molecular flexibility index (Phi) is 3.98. The Bertz CT molecular complexity index is 853. The van der Waals surface area contributed by atoms with E-state index in [9.17, 15) is 0 Å². The number of hydrogen-bond acceptors (Lipinski definition) is 3. The molecule has 106 valence electrons. The van der Waals surface area contributed by atoms with Crippen LogP contribution in [0.4, 0.5) is 5.13 Å². The van der Waals surface area contributed by atoms with Crippen LogP contribution in [0.2, 0.25) is 10.0 Å². The molecule has 0 amide bonds. The molecule has 3 rings (SSSR count). The van der Waals surface area contributed by atoms with Crippen LogP contribution >= 0.6 is 34.5 Å². The van der Waals surface area contributed by atoms with Crippen molar-refractivity contribution in [3.63, 3.8) is 0 Å². The Hall–Kier alpha value is -1.42. The standard InChI is InChI=1S/C16H12Cl2N2S/c1-9-3-6-14-15(7-9)21-16(20-14)19-10(2)12-5-4-11(17)8-13(12)18/h3-8H,1-2H3/b19-10+. The SMILES string of the molecule is C/C(=N\c1nc2ccc(C)cc2s1)c1ccc(Cl)cc1Cl. The molecule has 0 saturated heterocycles. The Balaban J connectivity index is 2.02. The van der Waals surface area contributed by atoms with Crippen molar-refractivity contribution in [2.75, 3.05) is 0 Å². The highest BCUT2D eigenvalue weighted by Crippen LogP contribution is 2.30. The van der Waals surface area contributed by atoms with E-state index in [2.05, 4.69) is 29.0 Å². The fourth-order valence-electron chi connectivity index (χ4n) is 2.05. The highest BCUT2D eigenvalue weighted by molar-refractivity contribution is 7.22. The molecule has 0 bridgehead atoms. The van der Waals surface area contributed by atoms with Gasteiger partial charge in [0.15, 0.2) is 0 Å². The van der Waals surface area contributed by atoms with Gasteiger partial charge in [-0.3, -0.25) is 0 Å². The highest BCUT2D eigenvalue weighted by atomic mass is 35.5. The van der Waals surface area contributed by atoms with Gasteiger partial charge in [0.05, 0.1) is 15.2 Å². The molecule has 0 aliphatic heterocycles. The minimum absolute atomic E-state index is 0.598. The largest absolute Gasteiger partial charge is 0.224 e. The number of nitrogens with zero attached hydrogens (tertiary/aromatic N) is 2. The predicted molar refractivity (Wildman–Crippen MR) is 92.7 cm³/mol. The summed E-state index contributed by atoms with van der Waals surface area (Å²) < 4.78 is 1.14. The molecule has 0 spiro atoms. The van der Waals surface area contributed by atoms with Gasteiger partial charge in [-0.1, -0.05) is 46.7 Å². The molecule has 3 aromatic rings. The number of fused-ring (bicyclic) bond motifs is 1. The number of hydrogen-bond donors (Lipinski definition) is 0. The minimum atomic E-state index is 0.598. The van der Waals surface area contributed by atoms with E-state index in [0.29, 0.717) is 10.0 Å². The van der Waals surface area contributed by atoms with Crippen molar-refractivity contribution in [2.24, 2.45) is 4.99 Å². The van der Waals surface area contributed by atoms with Gasteiger partial charge in [-0.05, 0) is 43.7 Å². The van der Waals surface area contributed by atoms with Gasteiger partial charge in [0.1, 0.15) is 0 Å². The number of aliphatic imine (C=N–C) groups is 1. The molecular formula is C16H12Cl2N2S. The molecule has 21 heavy (non-hydrogen) atoms. The quantitative estimate of drug-likeness (QED) is 0.523. The summed E-state index contributed by atoms with van der Waals surface area (Å²) in [6.07, 6.45) is 0. The molecule has 0 N–H and O–H groups in total. The van der Waals surface area contributed by atoms with Crippen molar-refractivity contribution in [1.29, 1.82) is 0 Å². The molecule has 0 aliphatic rings. The van der Waals surface area contributed by atoms with E-state index < -0.39 is 0 Å². The van der Waals surface area contributed by atoms with E-state index in [-0.39, 0.29) is 0 Å². The van der Waals surface area contributed by atoms with Crippen LogP contribution in [0.3, 0.4) is 0 Å². The molecule has 1 heterocycles. The summed E-state index contributed by atoms with van der Waals surface area (Å²) in [4.78, 5) is 9.11. The summed E-state index contributed by atoms with van der Waals surface area (Å²) in [5.74, 6) is 0. The van der Waals surface area contributed by atoms with Gasteiger partial charge in [-0.15, -0.1) is 0 Å². The van der Waals surface area contributed by atoms with Crippen molar-refractivity contribution in [1.82, 2.24) is 4.98 Å². The van der Waals surface area contributed by atoms with E-state index in [1.807, 2.05) is 25.1 Å². The number of aromatic nitrogens is 1. The van der Waals surface area contributed by atoms with Gasteiger partial charge in [0.25, 0.3) is 0 Å². The van der Waals surface area contributed by atoms with Crippen molar-refractivity contribution in [2.45, 2.75) is 13.8 Å². The van der Waals surface area contributed by atoms with Crippen molar-refractivity contribution >= 4 is 55.6 Å². The first kappa shape index (κ1) is 14.5. The molecular weight excluding hydrogens is 323 g/mol. The monoisotopic (exact) mass is 334 g/mol. The summed E-state index contributed by atoms with van der Waals surface area (Å²) in [5.41, 5.74) is 3.89. The molecule has 5 heteroatoms. The minimum Gasteiger partial charge on any atom is -0.224 e. The Morgan fingerprint density at radius 2 is 1.95 bits per heavy atom. The first-order chi connectivity index (χ1) is 10.0. The third-order valence-corrected chi connectivity index (χ3v) is 4.58. The lowest BCUT2D eigenvalue weighted by Gasteiger charge is -2.03. The van der Waals surface area contributed by atoms with Gasteiger partial charge in [0, 0.05) is 16.3 Å². The van der Waals surface area contributed by atoms with E-state index in [4.69, 9.17) is 23.2 Å². The summed E-state index contributed by atoms with van der Waals surface area (Å²) in [5, 5.41) is 1.95. The average Bonchev–Trinajstić information content (AvgIpc) is 2.79. The van der Waals surface area contributed by atoms with Gasteiger partial charge >= 0.3 is 0 Å². The lowest BCUT2D eigenvalue weighted by atomic mass is 10.1. The second kappa shape index (κ2) is 5.76. The molecule has 0 unspecified atom stereocenters. The molecule has 0 atom stereocenters. The summed E-state index contributed by atoms with van der Waals surface area (Å²) >= 11 is 13.7. The fourth-order valence-corrected chi connectivity index (χ4v) is 3.59. The number of benzene rings is 2. The molecule has 0 radical (unpaired) electrons. The molecule has 0 saturated carbocycles. The lowest BCUT2D eigenvalue weighted by molar-refractivity contribution is 1.38. The lowest BCUT2D eigenvalue weighted by Crippen LogP contribution is -1.94. The Labute approximate surface area is 137 Å². The number of halogens is 2. The van der Waals surface area contributed by atoms with E-state index >= 15 is 0 Å². The van der Waals surface area contributed by atoms with E-state index in [0.717, 1.165) is 26.6 Å². The van der Waals surface area contributed by atoms with Crippen molar-refractivity contribution in [3.8, 4) is 0 Å². The van der Waals surface area contributed by atoms with Gasteiger partial charge < -0.3 is 0 Å². The number of thiazole rings is 1. The first-order valence-electron chi connectivity index (χ1n) is 6.41. The number of aryl methyl sites for hydroxylation is 1. The molecule has 1 aromatic heterocycles. The molecule has 2 aromatic carbocycles. The summed E-state index contributed by atoms with van der Waals surface area (Å²) in [6.45, 7) is 3.99. The maximum absolute atomic E-state index is 6.21. The maximum Gasteiger partial charge on any atom is 0.210 e. The summed E-state index contributed by atoms with van der Waals surface area (Å²) in [7, 11) is 0. The third kappa shape index (κ3) is 3.10. The summed E-state index contributed by atoms with van der Waals surface area (Å²) in [6, 6.07) is 11.6. The first-order valence-corrected chi connectivity index (χ1v) is 7.98. The van der Waals surface area contributed by atoms with Crippen LogP contribution in [-0.2, 0) is 0 Å². The molecule has 0 aliphatic carbocycles. The van der Waals surface area contributed by atoms with Crippen LogP contribution in [0.15, 0.2) is 41.4 Å². The second-order valence-corrected chi connectivity index (χ2v) is 6.64. The van der Waals surface area contributed by atoms with Crippen LogP contribution in [0.5, 0.6) is 0 Å². The normalized spacial score (nSPS) is 12.1. The van der Waals surface area contributed by atoms with Crippen LogP contribution in [-0.4, -0.2) is 10.7 Å². The zero-order valence-electron chi connectivity index (χ0n) is 11.5. The Morgan fingerprint density at radius 1 is 1.14 bits per heavy atom. The average molecular weight is 335 g/mol. The number of rotatable bonds is 2. The Morgan fingerprint density at radius 3 is 2.71 bits per heavy atom. The van der Waals surface area contributed by atoms with Crippen LogP contribution in [0.25, 0.3) is 10.2 Å². The predicted octanol–water partition coefficient (Wildman–Crippen LogP) is 6.05. The van der Waals surface area contributed by atoms with Crippen LogP contribution in [0.1, 0.15) is 18.1 Å². The van der Waals surface area contributed by atoms with Crippen molar-refractivity contribution < 1.29 is 0 Å². The second-order valence-electron chi connectivity index (χ2n) is 4.79. The molecule has 0 fully saturated rings. The zero-order chi connectivity index (χ0) is 15.0. The van der Waals surface area contributed by atoms with Gasteiger partial charge in [-0.25, -0.2) is 9.98 Å². The third-order valence-electron chi connectivity index (χ3n) is 3.12. The topological polar surface area (TPSA) is 25.2 Å². The van der Waals surface area contributed by atoms with Gasteiger partial charge in [0.2, 0.25) is 5.13 Å². The van der Waals surface area contributed by atoms with Gasteiger partial charge in [-0.2, -0.15) is 0 Å². The van der Waals surface area contributed by atoms with E-state index in [1.165, 1.54) is 5.56 Å². The van der Waals surface area contributed by atoms with E-state index in [1.54, 1.807) is 17.4 Å². The zero-order valence-corrected chi connectivity index (χ0v) is 13.9. The van der Waals surface area contributed by atoms with Crippen LogP contribution < -0.4 is 0 Å². The maximum atomic E-state index is 6.21. The highest BCUT2D eigenvalue weighted by Gasteiger charge is 2.07. The fraction of sp³-hybridized carbons (Fsp3) is 0.125. The smallest absolute Gasteiger partial charge is 0.210 e. The van der Waals surface area contributed by atoms with Crippen molar-refractivity contribution in [3.05, 3.63) is 57.6 Å². The molecule has 2 nitrogen and oxygen atoms in total. The van der Waals surface area contributed by atoms with Crippen LogP contribution in [0, 0.1) is 6.92 Å².